The number of hydrogen-bond acceptors (Lipinski definition) is 5. The fourth-order valence-corrected chi connectivity index (χ4v) is 6.33. The SMILES string of the molecule is CC(=O)Nc1ccc(C2=CC=C(N3COC4(C3)CN3CCC3(C)C4C)CS2)cc1. The van der Waals surface area contributed by atoms with E-state index in [4.69, 9.17) is 4.74 Å². The van der Waals surface area contributed by atoms with Crippen molar-refractivity contribution in [1.82, 2.24) is 9.80 Å². The molecule has 0 bridgehead atoms. The number of ether oxygens (including phenoxy) is 1. The molecule has 29 heavy (non-hydrogen) atoms. The van der Waals surface area contributed by atoms with Crippen LogP contribution in [0, 0.1) is 5.92 Å². The van der Waals surface area contributed by atoms with E-state index >= 15 is 0 Å². The largest absolute Gasteiger partial charge is 0.351 e. The average Bonchev–Trinajstić information content (AvgIpc) is 3.20. The third kappa shape index (κ3) is 3.13. The lowest BCUT2D eigenvalue weighted by molar-refractivity contribution is -0.114. The first-order valence-electron chi connectivity index (χ1n) is 10.5. The molecule has 154 valence electrons. The molecule has 0 aliphatic carbocycles. The maximum absolute atomic E-state index is 11.2. The van der Waals surface area contributed by atoms with Crippen molar-refractivity contribution in [3.05, 3.63) is 47.7 Å². The molecule has 3 atom stereocenters. The summed E-state index contributed by atoms with van der Waals surface area (Å²) in [6, 6.07) is 8.06. The smallest absolute Gasteiger partial charge is 0.221 e. The van der Waals surface area contributed by atoms with E-state index in [1.165, 1.54) is 36.1 Å². The summed E-state index contributed by atoms with van der Waals surface area (Å²) in [4.78, 5) is 17.5. The second-order valence-electron chi connectivity index (χ2n) is 9.02. The Kier molecular flexibility index (Phi) is 4.57. The Labute approximate surface area is 177 Å². The molecule has 0 aromatic heterocycles. The Hall–Kier alpha value is -1.76. The number of carbonyl (C=O) groups is 1. The van der Waals surface area contributed by atoms with E-state index in [2.05, 4.69) is 53.2 Å². The molecule has 6 heteroatoms. The summed E-state index contributed by atoms with van der Waals surface area (Å²) in [5, 5.41) is 2.82. The standard InChI is InChI=1S/C23H29N3O2S/c1-16-22(3)10-11-26(22)14-23(16)13-25(15-28-23)20-8-9-21(29-12-20)18-4-6-19(7-5-18)24-17(2)27/h4-9,16H,10-15H2,1-3H3,(H,24,27). The van der Waals surface area contributed by atoms with E-state index in [0.29, 0.717) is 18.2 Å². The molecule has 1 aromatic rings. The minimum absolute atomic E-state index is 0.0136. The number of allylic oxidation sites excluding steroid dienone is 2. The molecule has 1 amide bonds. The lowest BCUT2D eigenvalue weighted by atomic mass is 9.75. The second kappa shape index (κ2) is 6.89. The van der Waals surface area contributed by atoms with Crippen LogP contribution in [0.5, 0.6) is 0 Å². The van der Waals surface area contributed by atoms with Gasteiger partial charge in [0.1, 0.15) is 12.3 Å². The van der Waals surface area contributed by atoms with Gasteiger partial charge in [-0.15, -0.1) is 11.8 Å². The van der Waals surface area contributed by atoms with E-state index < -0.39 is 0 Å². The number of amides is 1. The van der Waals surface area contributed by atoms with Crippen LogP contribution in [0.3, 0.4) is 0 Å². The third-order valence-corrected chi connectivity index (χ3v) is 8.58. The summed E-state index contributed by atoms with van der Waals surface area (Å²) in [6.07, 6.45) is 5.77. The van der Waals surface area contributed by atoms with Crippen molar-refractivity contribution in [1.29, 1.82) is 0 Å². The molecular formula is C23H29N3O2S. The number of benzene rings is 1. The molecule has 5 rings (SSSR count). The van der Waals surface area contributed by atoms with E-state index in [0.717, 1.165) is 24.5 Å². The van der Waals surface area contributed by atoms with Crippen LogP contribution in [0.4, 0.5) is 5.69 Å². The Morgan fingerprint density at radius 3 is 2.59 bits per heavy atom. The van der Waals surface area contributed by atoms with Crippen LogP contribution in [-0.4, -0.2) is 59.0 Å². The van der Waals surface area contributed by atoms with Crippen LogP contribution in [0.25, 0.3) is 4.91 Å². The molecule has 4 aliphatic rings. The fraction of sp³-hybridized carbons (Fsp3) is 0.522. The number of carbonyl (C=O) groups excluding carboxylic acids is 1. The highest BCUT2D eigenvalue weighted by atomic mass is 32.2. The predicted octanol–water partition coefficient (Wildman–Crippen LogP) is 3.76. The zero-order valence-corrected chi connectivity index (χ0v) is 18.2. The molecule has 0 saturated carbocycles. The van der Waals surface area contributed by atoms with Gasteiger partial charge in [0.05, 0.1) is 6.54 Å². The zero-order valence-electron chi connectivity index (χ0n) is 17.4. The van der Waals surface area contributed by atoms with Gasteiger partial charge < -0.3 is 15.0 Å². The van der Waals surface area contributed by atoms with Crippen LogP contribution < -0.4 is 5.32 Å². The minimum atomic E-state index is -0.0439. The summed E-state index contributed by atoms with van der Waals surface area (Å²) in [6.45, 7) is 10.3. The monoisotopic (exact) mass is 411 g/mol. The van der Waals surface area contributed by atoms with E-state index in [9.17, 15) is 4.79 Å². The van der Waals surface area contributed by atoms with Crippen molar-refractivity contribution in [3.63, 3.8) is 0 Å². The van der Waals surface area contributed by atoms with Crippen molar-refractivity contribution in [3.8, 4) is 0 Å². The van der Waals surface area contributed by atoms with Gasteiger partial charge >= 0.3 is 0 Å². The highest BCUT2D eigenvalue weighted by Gasteiger charge is 2.63. The molecular weight excluding hydrogens is 382 g/mol. The lowest BCUT2D eigenvalue weighted by Crippen LogP contribution is -2.56. The van der Waals surface area contributed by atoms with Gasteiger partial charge in [0, 0.05) is 53.5 Å². The van der Waals surface area contributed by atoms with Crippen molar-refractivity contribution in [2.45, 2.75) is 38.3 Å². The number of anilines is 1. The third-order valence-electron chi connectivity index (χ3n) is 7.46. The average molecular weight is 412 g/mol. The normalized spacial score (nSPS) is 33.9. The molecule has 1 aromatic carbocycles. The summed E-state index contributed by atoms with van der Waals surface area (Å²) >= 11 is 1.87. The number of nitrogens with zero attached hydrogens (tertiary/aromatic N) is 2. The Balaban J connectivity index is 1.28. The molecule has 3 unspecified atom stereocenters. The Morgan fingerprint density at radius 2 is 2.03 bits per heavy atom. The van der Waals surface area contributed by atoms with Crippen molar-refractivity contribution < 1.29 is 9.53 Å². The van der Waals surface area contributed by atoms with Crippen LogP contribution >= 0.6 is 11.8 Å². The maximum atomic E-state index is 11.2. The highest BCUT2D eigenvalue weighted by Crippen LogP contribution is 2.52. The van der Waals surface area contributed by atoms with Crippen LogP contribution in [0.2, 0.25) is 0 Å². The van der Waals surface area contributed by atoms with Gasteiger partial charge in [-0.2, -0.15) is 0 Å². The van der Waals surface area contributed by atoms with Gasteiger partial charge in [0.2, 0.25) is 5.91 Å². The molecule has 5 nitrogen and oxygen atoms in total. The molecule has 1 spiro atoms. The zero-order chi connectivity index (χ0) is 20.2. The van der Waals surface area contributed by atoms with E-state index in [1.807, 2.05) is 23.9 Å². The molecule has 3 saturated heterocycles. The number of nitrogens with one attached hydrogen (secondary N) is 1. The second-order valence-corrected chi connectivity index (χ2v) is 10.0. The molecule has 3 fully saturated rings. The minimum Gasteiger partial charge on any atom is -0.351 e. The first-order chi connectivity index (χ1) is 13.9. The summed E-state index contributed by atoms with van der Waals surface area (Å²) in [5.74, 6) is 1.49. The molecule has 4 heterocycles. The molecule has 4 aliphatic heterocycles. The van der Waals surface area contributed by atoms with Crippen molar-refractivity contribution in [2.24, 2.45) is 5.92 Å². The van der Waals surface area contributed by atoms with Crippen LogP contribution in [-0.2, 0) is 9.53 Å². The highest BCUT2D eigenvalue weighted by molar-refractivity contribution is 8.08. The van der Waals surface area contributed by atoms with Gasteiger partial charge in [0.25, 0.3) is 0 Å². The van der Waals surface area contributed by atoms with E-state index in [1.54, 1.807) is 0 Å². The summed E-state index contributed by atoms with van der Waals surface area (Å²) in [5.41, 5.74) is 3.71. The topological polar surface area (TPSA) is 44.8 Å². The van der Waals surface area contributed by atoms with Crippen LogP contribution in [0.1, 0.15) is 32.8 Å². The number of rotatable bonds is 3. The van der Waals surface area contributed by atoms with Gasteiger partial charge in [0.15, 0.2) is 0 Å². The number of fused-ring (bicyclic) bond motifs is 1. The maximum Gasteiger partial charge on any atom is 0.221 e. The Bertz CT molecular complexity index is 896. The van der Waals surface area contributed by atoms with Gasteiger partial charge in [-0.25, -0.2) is 0 Å². The van der Waals surface area contributed by atoms with E-state index in [-0.39, 0.29) is 11.5 Å². The van der Waals surface area contributed by atoms with Crippen molar-refractivity contribution in [2.75, 3.05) is 37.4 Å². The summed E-state index contributed by atoms with van der Waals surface area (Å²) in [7, 11) is 0. The number of hydrogen-bond donors (Lipinski definition) is 1. The first kappa shape index (κ1) is 19.2. The first-order valence-corrected chi connectivity index (χ1v) is 11.4. The van der Waals surface area contributed by atoms with Gasteiger partial charge in [-0.3, -0.25) is 9.69 Å². The Morgan fingerprint density at radius 1 is 1.24 bits per heavy atom. The van der Waals surface area contributed by atoms with Gasteiger partial charge in [-0.05, 0) is 43.2 Å². The predicted molar refractivity (Wildman–Crippen MR) is 118 cm³/mol. The quantitative estimate of drug-likeness (QED) is 0.821. The lowest BCUT2D eigenvalue weighted by Gasteiger charge is -2.48. The van der Waals surface area contributed by atoms with Gasteiger partial charge in [-0.1, -0.05) is 19.1 Å². The van der Waals surface area contributed by atoms with Crippen molar-refractivity contribution >= 4 is 28.3 Å². The fourth-order valence-electron chi connectivity index (χ4n) is 5.28. The molecule has 1 N–H and O–H groups in total. The summed E-state index contributed by atoms with van der Waals surface area (Å²) < 4.78 is 6.46. The molecule has 0 radical (unpaired) electrons. The van der Waals surface area contributed by atoms with Crippen LogP contribution in [0.15, 0.2) is 42.1 Å². The number of thioether (sulfide) groups is 1.